The summed E-state index contributed by atoms with van der Waals surface area (Å²) in [4.78, 5) is 0. The number of hydrogen-bond acceptors (Lipinski definition) is 0. The Bertz CT molecular complexity index is 234. The van der Waals surface area contributed by atoms with Crippen molar-refractivity contribution >= 4 is 0 Å². The van der Waals surface area contributed by atoms with Gasteiger partial charge in [-0.05, 0) is 43.9 Å². The van der Waals surface area contributed by atoms with Gasteiger partial charge in [-0.1, -0.05) is 43.6 Å². The van der Waals surface area contributed by atoms with E-state index in [1.807, 2.05) is 0 Å². The van der Waals surface area contributed by atoms with Gasteiger partial charge < -0.3 is 0 Å². The van der Waals surface area contributed by atoms with E-state index in [0.717, 1.165) is 11.8 Å². The standard InChI is InChI=1S/C14H22/c1-12-10-11-13-8-6-4-2-3-5-7-9-14(12)13/h5,7,9,12-13H,2-4,6,8,10-11H2,1H3. The van der Waals surface area contributed by atoms with E-state index < -0.39 is 0 Å². The summed E-state index contributed by atoms with van der Waals surface area (Å²) in [5.74, 6) is 1.77. The molecule has 0 aromatic rings. The van der Waals surface area contributed by atoms with Gasteiger partial charge in [0.2, 0.25) is 0 Å². The molecule has 0 spiro atoms. The van der Waals surface area contributed by atoms with Crippen molar-refractivity contribution in [2.75, 3.05) is 0 Å². The lowest BCUT2D eigenvalue weighted by Crippen LogP contribution is -2.00. The van der Waals surface area contributed by atoms with Crippen LogP contribution in [0.1, 0.15) is 51.9 Å². The quantitative estimate of drug-likeness (QED) is 0.528. The predicted octanol–water partition coefficient (Wildman–Crippen LogP) is 4.48. The van der Waals surface area contributed by atoms with Crippen molar-refractivity contribution in [3.63, 3.8) is 0 Å². The first-order valence-electron chi connectivity index (χ1n) is 6.24. The van der Waals surface area contributed by atoms with Crippen LogP contribution in [-0.2, 0) is 0 Å². The third kappa shape index (κ3) is 2.29. The smallest absolute Gasteiger partial charge is 0.0197 e. The molecule has 14 heavy (non-hydrogen) atoms. The Hall–Kier alpha value is -0.520. The maximum absolute atomic E-state index is 2.41. The molecule has 2 atom stereocenters. The van der Waals surface area contributed by atoms with Gasteiger partial charge in [0.15, 0.2) is 0 Å². The van der Waals surface area contributed by atoms with Crippen LogP contribution in [0.3, 0.4) is 0 Å². The van der Waals surface area contributed by atoms with Gasteiger partial charge in [-0.15, -0.1) is 0 Å². The van der Waals surface area contributed by atoms with Crippen molar-refractivity contribution < 1.29 is 0 Å². The molecule has 78 valence electrons. The van der Waals surface area contributed by atoms with E-state index in [9.17, 15) is 0 Å². The maximum atomic E-state index is 2.41. The van der Waals surface area contributed by atoms with Crippen molar-refractivity contribution in [3.05, 3.63) is 23.8 Å². The van der Waals surface area contributed by atoms with Crippen LogP contribution in [-0.4, -0.2) is 0 Å². The van der Waals surface area contributed by atoms with Gasteiger partial charge in [0.05, 0.1) is 0 Å². The van der Waals surface area contributed by atoms with E-state index in [2.05, 4.69) is 25.2 Å². The molecule has 0 heterocycles. The second-order valence-electron chi connectivity index (χ2n) is 4.91. The Kier molecular flexibility index (Phi) is 3.44. The summed E-state index contributed by atoms with van der Waals surface area (Å²) < 4.78 is 0. The average molecular weight is 190 g/mol. The number of rotatable bonds is 0. The van der Waals surface area contributed by atoms with E-state index in [1.165, 1.54) is 44.9 Å². The zero-order valence-corrected chi connectivity index (χ0v) is 9.34. The van der Waals surface area contributed by atoms with Gasteiger partial charge in [0, 0.05) is 0 Å². The molecule has 0 heteroatoms. The minimum Gasteiger partial charge on any atom is -0.0845 e. The molecule has 0 aliphatic heterocycles. The first-order valence-corrected chi connectivity index (χ1v) is 6.24. The van der Waals surface area contributed by atoms with Crippen LogP contribution in [0.2, 0.25) is 0 Å². The third-order valence-corrected chi connectivity index (χ3v) is 3.84. The highest BCUT2D eigenvalue weighted by atomic mass is 14.3. The van der Waals surface area contributed by atoms with E-state index in [1.54, 1.807) is 5.57 Å². The molecule has 1 saturated carbocycles. The Labute approximate surface area is 88.1 Å². The molecule has 2 aliphatic carbocycles. The Morgan fingerprint density at radius 3 is 2.93 bits per heavy atom. The Morgan fingerprint density at radius 1 is 1.07 bits per heavy atom. The largest absolute Gasteiger partial charge is 0.0845 e. The lowest BCUT2D eigenvalue weighted by molar-refractivity contribution is 0.520. The minimum atomic E-state index is 0.851. The normalized spacial score (nSPS) is 33.6. The van der Waals surface area contributed by atoms with E-state index >= 15 is 0 Å². The number of fused-ring (bicyclic) bond motifs is 1. The molecular weight excluding hydrogens is 168 g/mol. The second kappa shape index (κ2) is 4.82. The fraction of sp³-hybridized carbons (Fsp3) is 0.714. The molecule has 2 rings (SSSR count). The highest BCUT2D eigenvalue weighted by molar-refractivity contribution is 5.21. The molecule has 0 radical (unpaired) electrons. The number of hydrogen-bond donors (Lipinski definition) is 0. The van der Waals surface area contributed by atoms with Crippen molar-refractivity contribution in [3.8, 4) is 0 Å². The fourth-order valence-electron chi connectivity index (χ4n) is 2.90. The number of allylic oxidation sites excluding steroid dienone is 4. The van der Waals surface area contributed by atoms with Gasteiger partial charge in [0.1, 0.15) is 0 Å². The Balaban J connectivity index is 2.10. The summed E-state index contributed by atoms with van der Waals surface area (Å²) in [6.45, 7) is 2.39. The van der Waals surface area contributed by atoms with Gasteiger partial charge >= 0.3 is 0 Å². The van der Waals surface area contributed by atoms with Crippen LogP contribution in [0, 0.1) is 11.8 Å². The summed E-state index contributed by atoms with van der Waals surface area (Å²) in [6, 6.07) is 0. The highest BCUT2D eigenvalue weighted by Gasteiger charge is 2.26. The molecule has 2 unspecified atom stereocenters. The SMILES string of the molecule is CC1CCC2CCCCCC=CC=C12. The maximum Gasteiger partial charge on any atom is -0.0197 e. The van der Waals surface area contributed by atoms with E-state index in [-0.39, 0.29) is 0 Å². The van der Waals surface area contributed by atoms with E-state index in [4.69, 9.17) is 0 Å². The lowest BCUT2D eigenvalue weighted by atomic mass is 9.91. The van der Waals surface area contributed by atoms with Gasteiger partial charge in [-0.2, -0.15) is 0 Å². The van der Waals surface area contributed by atoms with Crippen molar-refractivity contribution in [1.82, 2.24) is 0 Å². The predicted molar refractivity (Wildman–Crippen MR) is 62.2 cm³/mol. The second-order valence-corrected chi connectivity index (χ2v) is 4.91. The van der Waals surface area contributed by atoms with Crippen molar-refractivity contribution in [2.45, 2.75) is 51.9 Å². The molecule has 0 nitrogen and oxygen atoms in total. The first-order chi connectivity index (χ1) is 6.88. The van der Waals surface area contributed by atoms with Crippen molar-refractivity contribution in [2.24, 2.45) is 11.8 Å². The Morgan fingerprint density at radius 2 is 2.00 bits per heavy atom. The van der Waals surface area contributed by atoms with Crippen LogP contribution in [0.4, 0.5) is 0 Å². The van der Waals surface area contributed by atoms with E-state index in [0.29, 0.717) is 0 Å². The molecule has 0 amide bonds. The molecule has 1 fully saturated rings. The first kappa shape index (κ1) is 10.0. The summed E-state index contributed by atoms with van der Waals surface area (Å²) in [6.07, 6.45) is 16.9. The van der Waals surface area contributed by atoms with Crippen LogP contribution in [0.5, 0.6) is 0 Å². The van der Waals surface area contributed by atoms with Crippen LogP contribution in [0.25, 0.3) is 0 Å². The fourth-order valence-corrected chi connectivity index (χ4v) is 2.90. The molecule has 0 N–H and O–H groups in total. The van der Waals surface area contributed by atoms with Crippen LogP contribution >= 0.6 is 0 Å². The third-order valence-electron chi connectivity index (χ3n) is 3.84. The molecular formula is C14H22. The molecule has 0 aromatic carbocycles. The van der Waals surface area contributed by atoms with Crippen LogP contribution in [0.15, 0.2) is 23.8 Å². The summed E-state index contributed by atoms with van der Waals surface area (Å²) in [5, 5.41) is 0. The highest BCUT2D eigenvalue weighted by Crippen LogP contribution is 2.39. The summed E-state index contributed by atoms with van der Waals surface area (Å²) in [5.41, 5.74) is 1.74. The summed E-state index contributed by atoms with van der Waals surface area (Å²) >= 11 is 0. The van der Waals surface area contributed by atoms with Crippen molar-refractivity contribution in [1.29, 1.82) is 0 Å². The zero-order valence-electron chi connectivity index (χ0n) is 9.34. The average Bonchev–Trinajstić information content (AvgIpc) is 2.55. The van der Waals surface area contributed by atoms with Gasteiger partial charge in [0.25, 0.3) is 0 Å². The van der Waals surface area contributed by atoms with Gasteiger partial charge in [-0.3, -0.25) is 0 Å². The minimum absolute atomic E-state index is 0.851. The monoisotopic (exact) mass is 190 g/mol. The van der Waals surface area contributed by atoms with Crippen LogP contribution < -0.4 is 0 Å². The summed E-state index contributed by atoms with van der Waals surface area (Å²) in [7, 11) is 0. The zero-order chi connectivity index (χ0) is 9.80. The molecule has 0 saturated heterocycles. The molecule has 0 bridgehead atoms. The molecule has 0 aromatic heterocycles. The molecule has 2 aliphatic rings. The lowest BCUT2D eigenvalue weighted by Gasteiger charge is -2.14. The van der Waals surface area contributed by atoms with Gasteiger partial charge in [-0.25, -0.2) is 0 Å². The topological polar surface area (TPSA) is 0 Å².